The number of anilines is 2. The van der Waals surface area contributed by atoms with Gasteiger partial charge in [-0.2, -0.15) is 4.31 Å². The lowest BCUT2D eigenvalue weighted by Crippen LogP contribution is -2.46. The van der Waals surface area contributed by atoms with Gasteiger partial charge in [0.05, 0.1) is 17.0 Å². The molecule has 1 saturated carbocycles. The normalized spacial score (nSPS) is 19.2. The van der Waals surface area contributed by atoms with Crippen molar-refractivity contribution in [2.75, 3.05) is 10.2 Å². The molecule has 8 nitrogen and oxygen atoms in total. The maximum atomic E-state index is 13.4. The van der Waals surface area contributed by atoms with E-state index in [1.54, 1.807) is 0 Å². The molecular weight excluding hydrogens is 425 g/mol. The molecule has 0 aromatic heterocycles. The van der Waals surface area contributed by atoms with Crippen molar-refractivity contribution >= 4 is 39.1 Å². The molecule has 31 heavy (non-hydrogen) atoms. The number of amides is 3. The van der Waals surface area contributed by atoms with Gasteiger partial charge in [0.15, 0.2) is 0 Å². The average Bonchev–Trinajstić information content (AvgIpc) is 3.49. The molecule has 0 spiro atoms. The van der Waals surface area contributed by atoms with Crippen LogP contribution < -0.4 is 10.2 Å². The molecule has 1 aliphatic heterocycles. The summed E-state index contributed by atoms with van der Waals surface area (Å²) in [5.41, 5.74) is 0.644. The van der Waals surface area contributed by atoms with E-state index in [1.165, 1.54) is 43.3 Å². The average molecular weight is 445 g/mol. The van der Waals surface area contributed by atoms with E-state index in [2.05, 4.69) is 5.32 Å². The van der Waals surface area contributed by atoms with Gasteiger partial charge in [-0.1, -0.05) is 0 Å². The summed E-state index contributed by atoms with van der Waals surface area (Å²) in [6, 6.07) is 9.00. The number of carbonyl (C=O) groups excluding carboxylic acids is 3. The Morgan fingerprint density at radius 1 is 1.06 bits per heavy atom. The summed E-state index contributed by atoms with van der Waals surface area (Å²) in [6.45, 7) is 1.34. The molecule has 1 heterocycles. The van der Waals surface area contributed by atoms with Gasteiger partial charge in [0, 0.05) is 18.7 Å². The fraction of sp³-hybridized carbons (Fsp3) is 0.286. The van der Waals surface area contributed by atoms with E-state index < -0.39 is 33.7 Å². The maximum absolute atomic E-state index is 13.4. The number of carbonyl (C=O) groups is 3. The predicted octanol–water partition coefficient (Wildman–Crippen LogP) is 2.27. The third kappa shape index (κ3) is 4.08. The second kappa shape index (κ2) is 7.86. The highest BCUT2D eigenvalue weighted by Crippen LogP contribution is 2.38. The van der Waals surface area contributed by atoms with Crippen molar-refractivity contribution in [2.24, 2.45) is 0 Å². The lowest BCUT2D eigenvalue weighted by molar-refractivity contribution is -0.122. The number of hydrogen-bond donors (Lipinski definition) is 1. The smallest absolute Gasteiger partial charge is 0.252 e. The molecule has 1 N–H and O–H groups in total. The molecule has 0 bridgehead atoms. The fourth-order valence-electron chi connectivity index (χ4n) is 3.66. The van der Waals surface area contributed by atoms with Crippen molar-refractivity contribution < 1.29 is 27.2 Å². The SMILES string of the molecule is CC(=O)Nc1ccc(S(=O)(=O)N(C2CC2)C2CC(=O)N(c3ccc(F)cc3)C2=O)cc1. The zero-order chi connectivity index (χ0) is 22.3. The van der Waals surface area contributed by atoms with Gasteiger partial charge in [-0.05, 0) is 61.4 Å². The van der Waals surface area contributed by atoms with Crippen LogP contribution in [-0.2, 0) is 24.4 Å². The van der Waals surface area contributed by atoms with Gasteiger partial charge in [-0.3, -0.25) is 14.4 Å². The Balaban J connectivity index is 1.64. The molecule has 2 aromatic rings. The zero-order valence-corrected chi connectivity index (χ0v) is 17.4. The van der Waals surface area contributed by atoms with Gasteiger partial charge >= 0.3 is 0 Å². The predicted molar refractivity (Wildman–Crippen MR) is 110 cm³/mol. The number of rotatable bonds is 6. The minimum Gasteiger partial charge on any atom is -0.326 e. The lowest BCUT2D eigenvalue weighted by Gasteiger charge is -2.26. The van der Waals surface area contributed by atoms with Crippen molar-refractivity contribution in [3.63, 3.8) is 0 Å². The van der Waals surface area contributed by atoms with Crippen molar-refractivity contribution in [1.29, 1.82) is 0 Å². The van der Waals surface area contributed by atoms with Crippen LogP contribution in [0.15, 0.2) is 53.4 Å². The van der Waals surface area contributed by atoms with Crippen molar-refractivity contribution in [1.82, 2.24) is 4.31 Å². The summed E-state index contributed by atoms with van der Waals surface area (Å²) in [4.78, 5) is 37.7. The molecule has 10 heteroatoms. The van der Waals surface area contributed by atoms with Crippen LogP contribution in [0.2, 0.25) is 0 Å². The Bertz CT molecular complexity index is 1140. The highest BCUT2D eigenvalue weighted by atomic mass is 32.2. The number of sulfonamides is 1. The third-order valence-corrected chi connectivity index (χ3v) is 7.15. The van der Waals surface area contributed by atoms with Gasteiger partial charge in [0.2, 0.25) is 21.8 Å². The summed E-state index contributed by atoms with van der Waals surface area (Å²) < 4.78 is 41.1. The molecule has 2 fully saturated rings. The summed E-state index contributed by atoms with van der Waals surface area (Å²) in [5, 5.41) is 2.56. The first-order valence-electron chi connectivity index (χ1n) is 9.72. The largest absolute Gasteiger partial charge is 0.326 e. The number of halogens is 1. The number of nitrogens with zero attached hydrogens (tertiary/aromatic N) is 2. The van der Waals surface area contributed by atoms with Crippen LogP contribution in [0.3, 0.4) is 0 Å². The summed E-state index contributed by atoms with van der Waals surface area (Å²) in [5.74, 6) is -1.99. The highest BCUT2D eigenvalue weighted by Gasteiger charge is 2.51. The highest BCUT2D eigenvalue weighted by molar-refractivity contribution is 7.89. The molecule has 2 aliphatic rings. The van der Waals surface area contributed by atoms with Crippen LogP contribution in [0.25, 0.3) is 0 Å². The Hall–Kier alpha value is -3.11. The van der Waals surface area contributed by atoms with Crippen LogP contribution in [0.5, 0.6) is 0 Å². The molecule has 4 rings (SSSR count). The number of hydrogen-bond acceptors (Lipinski definition) is 5. The third-order valence-electron chi connectivity index (χ3n) is 5.17. The van der Waals surface area contributed by atoms with E-state index in [0.29, 0.717) is 18.5 Å². The fourth-order valence-corrected chi connectivity index (χ4v) is 5.49. The number of benzene rings is 2. The Morgan fingerprint density at radius 2 is 1.68 bits per heavy atom. The van der Waals surface area contributed by atoms with Crippen molar-refractivity contribution in [3.8, 4) is 0 Å². The molecule has 1 unspecified atom stereocenters. The minimum atomic E-state index is -4.07. The van der Waals surface area contributed by atoms with Gasteiger partial charge in [0.25, 0.3) is 5.91 Å². The molecule has 3 amide bonds. The molecule has 1 saturated heterocycles. The van der Waals surface area contributed by atoms with Crippen LogP contribution >= 0.6 is 0 Å². The molecule has 1 atom stereocenters. The minimum absolute atomic E-state index is 0.0333. The standard InChI is InChI=1S/C21H20FN3O5S/c1-13(26)23-15-4-10-18(11-5-15)31(29,30)25(17-8-9-17)19-12-20(27)24(21(19)28)16-6-2-14(22)3-7-16/h2-7,10-11,17,19H,8-9,12H2,1H3,(H,23,26). The molecule has 1 aliphatic carbocycles. The van der Waals surface area contributed by atoms with E-state index in [0.717, 1.165) is 21.3 Å². The summed E-state index contributed by atoms with van der Waals surface area (Å²) >= 11 is 0. The molecule has 2 aromatic carbocycles. The topological polar surface area (TPSA) is 104 Å². The molecule has 162 valence electrons. The summed E-state index contributed by atoms with van der Waals surface area (Å²) in [6.07, 6.45) is 0.908. The van der Waals surface area contributed by atoms with Crippen LogP contribution in [0.1, 0.15) is 26.2 Å². The van der Waals surface area contributed by atoms with Gasteiger partial charge in [-0.25, -0.2) is 17.7 Å². The maximum Gasteiger partial charge on any atom is 0.252 e. The Labute approximate surface area is 178 Å². The Kier molecular flexibility index (Phi) is 5.36. The summed E-state index contributed by atoms with van der Waals surface area (Å²) in [7, 11) is -4.07. The second-order valence-corrected chi connectivity index (χ2v) is 9.38. The Morgan fingerprint density at radius 3 is 2.23 bits per heavy atom. The first kappa shape index (κ1) is 21.1. The van der Waals surface area contributed by atoms with Crippen molar-refractivity contribution in [3.05, 3.63) is 54.3 Å². The van der Waals surface area contributed by atoms with Crippen LogP contribution in [0.4, 0.5) is 15.8 Å². The van der Waals surface area contributed by atoms with Crippen LogP contribution in [0, 0.1) is 5.82 Å². The second-order valence-electron chi connectivity index (χ2n) is 7.54. The van der Waals surface area contributed by atoms with Gasteiger partial charge in [-0.15, -0.1) is 0 Å². The van der Waals surface area contributed by atoms with Crippen LogP contribution in [-0.4, -0.2) is 42.5 Å². The van der Waals surface area contributed by atoms with E-state index in [1.807, 2.05) is 0 Å². The van der Waals surface area contributed by atoms with E-state index in [4.69, 9.17) is 0 Å². The van der Waals surface area contributed by atoms with E-state index in [9.17, 15) is 27.2 Å². The van der Waals surface area contributed by atoms with Gasteiger partial charge < -0.3 is 5.32 Å². The number of imide groups is 1. The quantitative estimate of drug-likeness (QED) is 0.687. The first-order chi connectivity index (χ1) is 14.7. The molecule has 0 radical (unpaired) electrons. The zero-order valence-electron chi connectivity index (χ0n) is 16.6. The first-order valence-corrected chi connectivity index (χ1v) is 11.2. The van der Waals surface area contributed by atoms with E-state index in [-0.39, 0.29) is 29.0 Å². The van der Waals surface area contributed by atoms with Crippen molar-refractivity contribution in [2.45, 2.75) is 43.2 Å². The monoisotopic (exact) mass is 445 g/mol. The van der Waals surface area contributed by atoms with Gasteiger partial charge in [0.1, 0.15) is 11.9 Å². The molecular formula is C21H20FN3O5S. The lowest BCUT2D eigenvalue weighted by atomic mass is 10.2. The van der Waals surface area contributed by atoms with E-state index >= 15 is 0 Å². The number of nitrogens with one attached hydrogen (secondary N) is 1.